The summed E-state index contributed by atoms with van der Waals surface area (Å²) in [4.78, 5) is 3.96. The Kier molecular flexibility index (Phi) is 6.14. The van der Waals surface area contributed by atoms with E-state index < -0.39 is 10.0 Å². The fourth-order valence-electron chi connectivity index (χ4n) is 2.69. The highest BCUT2D eigenvalue weighted by Crippen LogP contribution is 2.14. The highest BCUT2D eigenvalue weighted by molar-refractivity contribution is 7.89. The number of hydrogen-bond donors (Lipinski definition) is 1. The van der Waals surface area contributed by atoms with Crippen molar-refractivity contribution in [3.05, 3.63) is 30.1 Å². The average molecular weight is 311 g/mol. The number of aromatic nitrogens is 1. The van der Waals surface area contributed by atoms with E-state index in [4.69, 9.17) is 0 Å². The maximum atomic E-state index is 12.5. The summed E-state index contributed by atoms with van der Waals surface area (Å²) in [6.07, 6.45) is 7.59. The lowest BCUT2D eigenvalue weighted by atomic mass is 10.0. The molecule has 1 aliphatic heterocycles. The van der Waals surface area contributed by atoms with E-state index in [2.05, 4.69) is 10.3 Å². The second-order valence-electron chi connectivity index (χ2n) is 5.53. The SMILES string of the molecule is CCN(Cc1ccncc1)S(=O)(=O)CCC1CCCCN1. The van der Waals surface area contributed by atoms with Crippen LogP contribution in [0.4, 0.5) is 0 Å². The van der Waals surface area contributed by atoms with Crippen molar-refractivity contribution in [1.82, 2.24) is 14.6 Å². The first-order valence-corrected chi connectivity index (χ1v) is 9.33. The van der Waals surface area contributed by atoms with Crippen molar-refractivity contribution in [3.8, 4) is 0 Å². The lowest BCUT2D eigenvalue weighted by molar-refractivity contribution is 0.383. The van der Waals surface area contributed by atoms with E-state index in [9.17, 15) is 8.42 Å². The molecule has 1 saturated heterocycles. The van der Waals surface area contributed by atoms with Crippen molar-refractivity contribution >= 4 is 10.0 Å². The Labute approximate surface area is 127 Å². The van der Waals surface area contributed by atoms with E-state index in [0.29, 0.717) is 25.6 Å². The molecular formula is C15H25N3O2S. The van der Waals surface area contributed by atoms with Crippen LogP contribution in [-0.4, -0.2) is 42.6 Å². The summed E-state index contributed by atoms with van der Waals surface area (Å²) in [7, 11) is -3.20. The van der Waals surface area contributed by atoms with E-state index in [0.717, 1.165) is 18.5 Å². The Morgan fingerprint density at radius 1 is 1.33 bits per heavy atom. The summed E-state index contributed by atoms with van der Waals surface area (Å²) >= 11 is 0. The Bertz CT molecular complexity index is 513. The third-order valence-corrected chi connectivity index (χ3v) is 5.92. The van der Waals surface area contributed by atoms with Gasteiger partial charge in [-0.2, -0.15) is 4.31 Å². The summed E-state index contributed by atoms with van der Waals surface area (Å²) < 4.78 is 26.5. The molecule has 0 aliphatic carbocycles. The first-order valence-electron chi connectivity index (χ1n) is 7.72. The number of piperidine rings is 1. The van der Waals surface area contributed by atoms with Gasteiger partial charge < -0.3 is 5.32 Å². The summed E-state index contributed by atoms with van der Waals surface area (Å²) in [6.45, 7) is 3.83. The van der Waals surface area contributed by atoms with Crippen LogP contribution in [0.15, 0.2) is 24.5 Å². The van der Waals surface area contributed by atoms with Gasteiger partial charge in [-0.25, -0.2) is 8.42 Å². The smallest absolute Gasteiger partial charge is 0.214 e. The van der Waals surface area contributed by atoms with Crippen LogP contribution in [-0.2, 0) is 16.6 Å². The van der Waals surface area contributed by atoms with Crippen molar-refractivity contribution in [2.24, 2.45) is 0 Å². The summed E-state index contributed by atoms with van der Waals surface area (Å²) in [5, 5.41) is 3.41. The van der Waals surface area contributed by atoms with Gasteiger partial charge in [0.1, 0.15) is 0 Å². The molecule has 1 aromatic rings. The molecule has 0 saturated carbocycles. The standard InChI is InChI=1S/C15H25N3O2S/c1-2-18(13-14-6-10-16-11-7-14)21(19,20)12-8-15-5-3-4-9-17-15/h6-7,10-11,15,17H,2-5,8-9,12-13H2,1H3. The lowest BCUT2D eigenvalue weighted by Gasteiger charge is -2.25. The van der Waals surface area contributed by atoms with Gasteiger partial charge >= 0.3 is 0 Å². The van der Waals surface area contributed by atoms with Crippen LogP contribution in [0.3, 0.4) is 0 Å². The van der Waals surface area contributed by atoms with Gasteiger partial charge in [0.15, 0.2) is 0 Å². The maximum absolute atomic E-state index is 12.5. The average Bonchev–Trinajstić information content (AvgIpc) is 2.52. The van der Waals surface area contributed by atoms with Crippen molar-refractivity contribution in [1.29, 1.82) is 0 Å². The van der Waals surface area contributed by atoms with Gasteiger partial charge in [-0.3, -0.25) is 4.98 Å². The van der Waals surface area contributed by atoms with Gasteiger partial charge in [0, 0.05) is 31.5 Å². The minimum Gasteiger partial charge on any atom is -0.314 e. The first-order chi connectivity index (χ1) is 10.1. The second kappa shape index (κ2) is 7.87. The van der Waals surface area contributed by atoms with E-state index in [-0.39, 0.29) is 5.75 Å². The molecule has 6 heteroatoms. The second-order valence-corrected chi connectivity index (χ2v) is 7.62. The number of nitrogens with one attached hydrogen (secondary N) is 1. The van der Waals surface area contributed by atoms with Crippen molar-refractivity contribution < 1.29 is 8.42 Å². The molecule has 0 spiro atoms. The normalized spacial score (nSPS) is 19.8. The molecule has 0 amide bonds. The number of pyridine rings is 1. The Morgan fingerprint density at radius 3 is 2.71 bits per heavy atom. The first kappa shape index (κ1) is 16.4. The molecule has 1 aliphatic rings. The Balaban J connectivity index is 1.92. The van der Waals surface area contributed by atoms with Crippen LogP contribution in [0, 0.1) is 0 Å². The predicted molar refractivity (Wildman–Crippen MR) is 84.4 cm³/mol. The molecule has 0 radical (unpaired) electrons. The number of sulfonamides is 1. The molecule has 1 N–H and O–H groups in total. The lowest BCUT2D eigenvalue weighted by Crippen LogP contribution is -2.38. The maximum Gasteiger partial charge on any atom is 0.214 e. The summed E-state index contributed by atoms with van der Waals surface area (Å²) in [5.74, 6) is 0.226. The highest BCUT2D eigenvalue weighted by atomic mass is 32.2. The van der Waals surface area contributed by atoms with Crippen LogP contribution >= 0.6 is 0 Å². The van der Waals surface area contributed by atoms with E-state index in [1.807, 2.05) is 19.1 Å². The summed E-state index contributed by atoms with van der Waals surface area (Å²) in [6, 6.07) is 4.08. The van der Waals surface area contributed by atoms with E-state index >= 15 is 0 Å². The fraction of sp³-hybridized carbons (Fsp3) is 0.667. The molecule has 0 bridgehead atoms. The van der Waals surface area contributed by atoms with Gasteiger partial charge in [0.05, 0.1) is 5.75 Å². The monoisotopic (exact) mass is 311 g/mol. The molecule has 1 atom stereocenters. The zero-order chi connectivity index (χ0) is 15.1. The molecule has 2 rings (SSSR count). The van der Waals surface area contributed by atoms with Crippen LogP contribution < -0.4 is 5.32 Å². The van der Waals surface area contributed by atoms with E-state index in [1.165, 1.54) is 12.8 Å². The van der Waals surface area contributed by atoms with Gasteiger partial charge in [-0.05, 0) is 43.5 Å². The fourth-order valence-corrected chi connectivity index (χ4v) is 4.27. The van der Waals surface area contributed by atoms with E-state index in [1.54, 1.807) is 16.7 Å². The number of rotatable bonds is 7. The Hall–Kier alpha value is -0.980. The molecule has 0 aromatic carbocycles. The molecule has 21 heavy (non-hydrogen) atoms. The topological polar surface area (TPSA) is 62.3 Å². The van der Waals surface area contributed by atoms with Crippen LogP contribution in [0.5, 0.6) is 0 Å². The molecule has 1 aromatic heterocycles. The molecular weight excluding hydrogens is 286 g/mol. The molecule has 2 heterocycles. The zero-order valence-corrected chi connectivity index (χ0v) is 13.5. The van der Waals surface area contributed by atoms with Crippen LogP contribution in [0.25, 0.3) is 0 Å². The quantitative estimate of drug-likeness (QED) is 0.833. The summed E-state index contributed by atoms with van der Waals surface area (Å²) in [5.41, 5.74) is 0.978. The van der Waals surface area contributed by atoms with Crippen LogP contribution in [0.1, 0.15) is 38.2 Å². The molecule has 5 nitrogen and oxygen atoms in total. The minimum absolute atomic E-state index is 0.226. The number of hydrogen-bond acceptors (Lipinski definition) is 4. The Morgan fingerprint density at radius 2 is 2.10 bits per heavy atom. The van der Waals surface area contributed by atoms with Gasteiger partial charge in [0.2, 0.25) is 10.0 Å². The third-order valence-electron chi connectivity index (χ3n) is 3.99. The van der Waals surface area contributed by atoms with Crippen LogP contribution in [0.2, 0.25) is 0 Å². The van der Waals surface area contributed by atoms with Gasteiger partial charge in [-0.15, -0.1) is 0 Å². The van der Waals surface area contributed by atoms with Crippen molar-refractivity contribution in [2.75, 3.05) is 18.8 Å². The highest BCUT2D eigenvalue weighted by Gasteiger charge is 2.23. The van der Waals surface area contributed by atoms with Crippen molar-refractivity contribution in [3.63, 3.8) is 0 Å². The molecule has 1 fully saturated rings. The van der Waals surface area contributed by atoms with Gasteiger partial charge in [-0.1, -0.05) is 13.3 Å². The largest absolute Gasteiger partial charge is 0.314 e. The van der Waals surface area contributed by atoms with Gasteiger partial charge in [0.25, 0.3) is 0 Å². The third kappa shape index (κ3) is 5.05. The van der Waals surface area contributed by atoms with Crippen molar-refractivity contribution in [2.45, 2.75) is 45.2 Å². The molecule has 118 valence electrons. The number of nitrogens with zero attached hydrogens (tertiary/aromatic N) is 2. The minimum atomic E-state index is -3.20. The predicted octanol–water partition coefficient (Wildman–Crippen LogP) is 1.77. The molecule has 1 unspecified atom stereocenters. The zero-order valence-electron chi connectivity index (χ0n) is 12.7.